The highest BCUT2D eigenvalue weighted by molar-refractivity contribution is 7.17. The van der Waals surface area contributed by atoms with Gasteiger partial charge < -0.3 is 10.2 Å². The average molecular weight is 473 g/mol. The molecular formula is C22H22F2N6O2S. The average Bonchev–Trinajstić information content (AvgIpc) is 3.27. The number of aromatic nitrogens is 3. The SMILES string of the molecule is Cc1cnc(CNC(=O)c2sc(N3CC(C)N(Cc4cc(F)cc(F)c4)C3=O)nc2C)cn1. The summed E-state index contributed by atoms with van der Waals surface area (Å²) in [5, 5.41) is 3.20. The van der Waals surface area contributed by atoms with Crippen LogP contribution in [0, 0.1) is 25.5 Å². The van der Waals surface area contributed by atoms with Crippen molar-refractivity contribution in [1.82, 2.24) is 25.2 Å². The van der Waals surface area contributed by atoms with Crippen molar-refractivity contribution in [3.8, 4) is 0 Å². The van der Waals surface area contributed by atoms with Crippen molar-refractivity contribution in [3.63, 3.8) is 0 Å². The number of carbonyl (C=O) groups is 2. The maximum absolute atomic E-state index is 13.5. The molecule has 3 aromatic rings. The van der Waals surface area contributed by atoms with Crippen LogP contribution in [0.1, 0.15) is 39.2 Å². The Bertz CT molecular complexity index is 1180. The summed E-state index contributed by atoms with van der Waals surface area (Å²) in [5.74, 6) is -1.70. The fourth-order valence-electron chi connectivity index (χ4n) is 3.54. The number of hydrogen-bond donors (Lipinski definition) is 1. The molecule has 0 aliphatic carbocycles. The van der Waals surface area contributed by atoms with Crippen LogP contribution in [0.25, 0.3) is 0 Å². The van der Waals surface area contributed by atoms with E-state index in [1.165, 1.54) is 21.9 Å². The molecule has 3 amide bonds. The first-order valence-electron chi connectivity index (χ1n) is 10.3. The van der Waals surface area contributed by atoms with Crippen LogP contribution < -0.4 is 10.2 Å². The number of benzene rings is 1. The summed E-state index contributed by atoms with van der Waals surface area (Å²) in [6.45, 7) is 6.03. The van der Waals surface area contributed by atoms with Crippen molar-refractivity contribution in [3.05, 3.63) is 69.7 Å². The van der Waals surface area contributed by atoms with Crippen LogP contribution in [-0.2, 0) is 13.1 Å². The van der Waals surface area contributed by atoms with Crippen LogP contribution in [0.3, 0.4) is 0 Å². The van der Waals surface area contributed by atoms with Crippen molar-refractivity contribution in [1.29, 1.82) is 0 Å². The molecule has 1 N–H and O–H groups in total. The molecule has 8 nitrogen and oxygen atoms in total. The van der Waals surface area contributed by atoms with Gasteiger partial charge in [-0.15, -0.1) is 0 Å². The Hall–Kier alpha value is -3.47. The summed E-state index contributed by atoms with van der Waals surface area (Å²) < 4.78 is 27.1. The Morgan fingerprint density at radius 3 is 2.58 bits per heavy atom. The molecule has 3 heterocycles. The van der Waals surface area contributed by atoms with Gasteiger partial charge in [-0.1, -0.05) is 11.3 Å². The zero-order chi connectivity index (χ0) is 23.7. The minimum Gasteiger partial charge on any atom is -0.346 e. The second-order valence-corrected chi connectivity index (χ2v) is 8.87. The summed E-state index contributed by atoms with van der Waals surface area (Å²) in [6.07, 6.45) is 3.23. The molecule has 1 aliphatic heterocycles. The molecule has 2 aromatic heterocycles. The number of thiazole rings is 1. The largest absolute Gasteiger partial charge is 0.346 e. The quantitative estimate of drug-likeness (QED) is 0.592. The summed E-state index contributed by atoms with van der Waals surface area (Å²) in [7, 11) is 0. The van der Waals surface area contributed by atoms with Gasteiger partial charge in [-0.3, -0.25) is 19.7 Å². The highest BCUT2D eigenvalue weighted by atomic mass is 32.1. The number of rotatable bonds is 6. The molecule has 0 saturated carbocycles. The van der Waals surface area contributed by atoms with Crippen LogP contribution in [0.15, 0.2) is 30.6 Å². The Morgan fingerprint density at radius 2 is 1.91 bits per heavy atom. The maximum atomic E-state index is 13.5. The number of anilines is 1. The normalized spacial score (nSPS) is 15.9. The van der Waals surface area contributed by atoms with Gasteiger partial charge in [-0.2, -0.15) is 0 Å². The van der Waals surface area contributed by atoms with E-state index in [9.17, 15) is 18.4 Å². The first kappa shape index (κ1) is 22.7. The molecule has 1 saturated heterocycles. The highest BCUT2D eigenvalue weighted by Crippen LogP contribution is 2.31. The summed E-state index contributed by atoms with van der Waals surface area (Å²) in [5.41, 5.74) is 2.29. The number of aryl methyl sites for hydroxylation is 2. The van der Waals surface area contributed by atoms with Crippen molar-refractivity contribution >= 4 is 28.4 Å². The fraction of sp³-hybridized carbons (Fsp3) is 0.318. The van der Waals surface area contributed by atoms with Crippen molar-refractivity contribution in [2.24, 2.45) is 0 Å². The lowest BCUT2D eigenvalue weighted by molar-refractivity contribution is 0.0953. The van der Waals surface area contributed by atoms with Gasteiger partial charge in [0.05, 0.1) is 36.4 Å². The van der Waals surface area contributed by atoms with Gasteiger partial charge >= 0.3 is 6.03 Å². The number of carbonyl (C=O) groups excluding carboxylic acids is 2. The van der Waals surface area contributed by atoms with Crippen LogP contribution in [0.4, 0.5) is 18.7 Å². The van der Waals surface area contributed by atoms with Crippen LogP contribution in [0.5, 0.6) is 0 Å². The number of urea groups is 1. The molecule has 0 radical (unpaired) electrons. The monoisotopic (exact) mass is 472 g/mol. The standard InChI is InChI=1S/C22H22F2N6O2S/c1-12-7-26-18(8-25-12)9-27-20(31)19-14(3)28-21(33-19)30-10-13(2)29(22(30)32)11-15-4-16(23)6-17(24)5-15/h4-8,13H,9-11H2,1-3H3,(H,27,31). The van der Waals surface area contributed by atoms with Crippen LogP contribution >= 0.6 is 11.3 Å². The van der Waals surface area contributed by atoms with Crippen LogP contribution in [0.2, 0.25) is 0 Å². The number of halogens is 2. The van der Waals surface area contributed by atoms with E-state index >= 15 is 0 Å². The third-order valence-corrected chi connectivity index (χ3v) is 6.40. The van der Waals surface area contributed by atoms with Gasteiger partial charge in [0, 0.05) is 24.8 Å². The van der Waals surface area contributed by atoms with E-state index < -0.39 is 11.6 Å². The maximum Gasteiger partial charge on any atom is 0.326 e. The van der Waals surface area contributed by atoms with Crippen molar-refractivity contribution < 1.29 is 18.4 Å². The third kappa shape index (κ3) is 4.98. The minimum atomic E-state index is -0.691. The number of nitrogens with one attached hydrogen (secondary N) is 1. The predicted molar refractivity (Wildman–Crippen MR) is 119 cm³/mol. The van der Waals surface area contributed by atoms with E-state index in [1.807, 2.05) is 13.8 Å². The Morgan fingerprint density at radius 1 is 1.18 bits per heavy atom. The molecule has 33 heavy (non-hydrogen) atoms. The second-order valence-electron chi connectivity index (χ2n) is 7.89. The van der Waals surface area contributed by atoms with E-state index in [0.29, 0.717) is 33.5 Å². The van der Waals surface area contributed by atoms with E-state index in [4.69, 9.17) is 0 Å². The van der Waals surface area contributed by atoms with Gasteiger partial charge in [-0.05, 0) is 38.5 Å². The second kappa shape index (κ2) is 9.18. The first-order chi connectivity index (χ1) is 15.7. The van der Waals surface area contributed by atoms with Crippen molar-refractivity contribution in [2.75, 3.05) is 11.4 Å². The minimum absolute atomic E-state index is 0.0699. The predicted octanol–water partition coefficient (Wildman–Crippen LogP) is 3.59. The molecule has 1 atom stereocenters. The molecule has 1 aliphatic rings. The molecule has 1 unspecified atom stereocenters. The van der Waals surface area contributed by atoms with E-state index in [0.717, 1.165) is 23.1 Å². The lowest BCUT2D eigenvalue weighted by Gasteiger charge is -2.20. The van der Waals surface area contributed by atoms with Gasteiger partial charge in [0.1, 0.15) is 16.5 Å². The fourth-order valence-corrected chi connectivity index (χ4v) is 4.52. The molecule has 11 heteroatoms. The zero-order valence-corrected chi connectivity index (χ0v) is 19.1. The van der Waals surface area contributed by atoms with E-state index in [2.05, 4.69) is 20.3 Å². The number of amides is 3. The zero-order valence-electron chi connectivity index (χ0n) is 18.3. The molecule has 0 bridgehead atoms. The van der Waals surface area contributed by atoms with Crippen LogP contribution in [-0.4, -0.2) is 44.4 Å². The summed E-state index contributed by atoms with van der Waals surface area (Å²) >= 11 is 1.12. The molecule has 4 rings (SSSR count). The summed E-state index contributed by atoms with van der Waals surface area (Å²) in [6, 6.07) is 2.68. The third-order valence-electron chi connectivity index (χ3n) is 5.22. The highest BCUT2D eigenvalue weighted by Gasteiger charge is 2.37. The van der Waals surface area contributed by atoms with Gasteiger partial charge in [-0.25, -0.2) is 18.6 Å². The molecule has 1 fully saturated rings. The number of nitrogens with zero attached hydrogens (tertiary/aromatic N) is 5. The van der Waals surface area contributed by atoms with Gasteiger partial charge in [0.2, 0.25) is 0 Å². The Balaban J connectivity index is 1.45. The lowest BCUT2D eigenvalue weighted by atomic mass is 10.2. The molecule has 172 valence electrons. The Labute approximate surface area is 193 Å². The number of hydrogen-bond acceptors (Lipinski definition) is 6. The summed E-state index contributed by atoms with van der Waals surface area (Å²) in [4.78, 5) is 41.9. The Kier molecular flexibility index (Phi) is 6.32. The molecule has 0 spiro atoms. The van der Waals surface area contributed by atoms with Crippen molar-refractivity contribution in [2.45, 2.75) is 39.9 Å². The lowest BCUT2D eigenvalue weighted by Crippen LogP contribution is -2.33. The smallest absolute Gasteiger partial charge is 0.326 e. The first-order valence-corrected chi connectivity index (χ1v) is 11.1. The molecular weight excluding hydrogens is 450 g/mol. The molecule has 1 aromatic carbocycles. The van der Waals surface area contributed by atoms with E-state index in [1.54, 1.807) is 19.3 Å². The van der Waals surface area contributed by atoms with E-state index in [-0.39, 0.29) is 31.1 Å². The topological polar surface area (TPSA) is 91.3 Å². The van der Waals surface area contributed by atoms with Gasteiger partial charge in [0.15, 0.2) is 5.13 Å². The van der Waals surface area contributed by atoms with Gasteiger partial charge in [0.25, 0.3) is 5.91 Å².